The number of hydrogen-bond acceptors (Lipinski definition) is 3. The fourth-order valence-corrected chi connectivity index (χ4v) is 4.39. The molecule has 1 heterocycles. The largest absolute Gasteiger partial charge is 0.312 e. The third-order valence-corrected chi connectivity index (χ3v) is 5.45. The van der Waals surface area contributed by atoms with Gasteiger partial charge < -0.3 is 5.32 Å². The molecule has 1 saturated heterocycles. The topological polar surface area (TPSA) is 46.2 Å². The van der Waals surface area contributed by atoms with Crippen LogP contribution < -0.4 is 5.32 Å². The Morgan fingerprint density at radius 3 is 2.83 bits per heavy atom. The SMILES string of the molecule is Cc1cc(Cl)ccc1CNCC1CCS(=O)(=O)C1. The van der Waals surface area contributed by atoms with Gasteiger partial charge in [-0.2, -0.15) is 0 Å². The Balaban J connectivity index is 1.82. The van der Waals surface area contributed by atoms with Crippen molar-refractivity contribution >= 4 is 21.4 Å². The van der Waals surface area contributed by atoms with Crippen LogP contribution >= 0.6 is 11.6 Å². The smallest absolute Gasteiger partial charge is 0.150 e. The van der Waals surface area contributed by atoms with Gasteiger partial charge in [0.1, 0.15) is 0 Å². The van der Waals surface area contributed by atoms with E-state index in [1.165, 1.54) is 5.56 Å². The maximum Gasteiger partial charge on any atom is 0.150 e. The summed E-state index contributed by atoms with van der Waals surface area (Å²) in [6.45, 7) is 3.56. The van der Waals surface area contributed by atoms with Crippen LogP contribution in [0.4, 0.5) is 0 Å². The van der Waals surface area contributed by atoms with Crippen LogP contribution in [0.3, 0.4) is 0 Å². The monoisotopic (exact) mass is 287 g/mol. The van der Waals surface area contributed by atoms with Gasteiger partial charge in [-0.25, -0.2) is 8.42 Å². The Morgan fingerprint density at radius 1 is 1.44 bits per heavy atom. The number of halogens is 1. The second-order valence-corrected chi connectivity index (χ2v) is 7.64. The van der Waals surface area contributed by atoms with Crippen LogP contribution in [-0.2, 0) is 16.4 Å². The highest BCUT2D eigenvalue weighted by molar-refractivity contribution is 7.91. The summed E-state index contributed by atoms with van der Waals surface area (Å²) in [7, 11) is -2.76. The van der Waals surface area contributed by atoms with E-state index in [0.29, 0.717) is 11.5 Å². The second-order valence-electron chi connectivity index (χ2n) is 4.97. The Labute approximate surface area is 113 Å². The van der Waals surface area contributed by atoms with Gasteiger partial charge in [0.2, 0.25) is 0 Å². The molecule has 1 aliphatic heterocycles. The molecule has 1 unspecified atom stereocenters. The maximum atomic E-state index is 11.3. The van der Waals surface area contributed by atoms with E-state index in [1.54, 1.807) is 0 Å². The van der Waals surface area contributed by atoms with Crippen LogP contribution in [0.2, 0.25) is 5.02 Å². The molecule has 1 atom stereocenters. The quantitative estimate of drug-likeness (QED) is 0.923. The van der Waals surface area contributed by atoms with Crippen LogP contribution in [0, 0.1) is 12.8 Å². The van der Waals surface area contributed by atoms with Gasteiger partial charge in [-0.15, -0.1) is 0 Å². The van der Waals surface area contributed by atoms with Gasteiger partial charge in [-0.05, 0) is 49.1 Å². The van der Waals surface area contributed by atoms with Gasteiger partial charge in [-0.3, -0.25) is 0 Å². The lowest BCUT2D eigenvalue weighted by Gasteiger charge is -2.11. The zero-order valence-corrected chi connectivity index (χ0v) is 12.0. The molecule has 1 aliphatic rings. The van der Waals surface area contributed by atoms with E-state index < -0.39 is 9.84 Å². The summed E-state index contributed by atoms with van der Waals surface area (Å²) in [6.07, 6.45) is 0.787. The minimum Gasteiger partial charge on any atom is -0.312 e. The molecule has 0 amide bonds. The Bertz CT molecular complexity index is 528. The molecule has 5 heteroatoms. The van der Waals surface area contributed by atoms with Gasteiger partial charge in [0.05, 0.1) is 11.5 Å². The first-order valence-corrected chi connectivity index (χ1v) is 8.32. The van der Waals surface area contributed by atoms with Gasteiger partial charge >= 0.3 is 0 Å². The van der Waals surface area contributed by atoms with E-state index in [9.17, 15) is 8.42 Å². The number of nitrogens with one attached hydrogen (secondary N) is 1. The average Bonchev–Trinajstić information content (AvgIpc) is 2.61. The van der Waals surface area contributed by atoms with Crippen molar-refractivity contribution in [1.82, 2.24) is 5.32 Å². The summed E-state index contributed by atoms with van der Waals surface area (Å²) in [6, 6.07) is 5.83. The maximum absolute atomic E-state index is 11.3. The number of rotatable bonds is 4. The first-order chi connectivity index (χ1) is 8.46. The van der Waals surface area contributed by atoms with Gasteiger partial charge in [0.25, 0.3) is 0 Å². The number of aryl methyl sites for hydroxylation is 1. The number of sulfone groups is 1. The predicted molar refractivity (Wildman–Crippen MR) is 74.7 cm³/mol. The number of hydrogen-bond donors (Lipinski definition) is 1. The van der Waals surface area contributed by atoms with E-state index in [0.717, 1.165) is 30.1 Å². The average molecular weight is 288 g/mol. The minimum absolute atomic E-state index is 0.266. The molecule has 1 aromatic carbocycles. The van der Waals surface area contributed by atoms with Gasteiger partial charge in [0.15, 0.2) is 9.84 Å². The van der Waals surface area contributed by atoms with Crippen LogP contribution in [-0.4, -0.2) is 26.5 Å². The second kappa shape index (κ2) is 5.59. The fraction of sp³-hybridized carbons (Fsp3) is 0.538. The van der Waals surface area contributed by atoms with Crippen molar-refractivity contribution in [3.05, 3.63) is 34.3 Å². The van der Waals surface area contributed by atoms with Crippen LogP contribution in [0.15, 0.2) is 18.2 Å². The van der Waals surface area contributed by atoms with Gasteiger partial charge in [-0.1, -0.05) is 17.7 Å². The van der Waals surface area contributed by atoms with Crippen molar-refractivity contribution in [2.24, 2.45) is 5.92 Å². The zero-order valence-electron chi connectivity index (χ0n) is 10.4. The van der Waals surface area contributed by atoms with Crippen molar-refractivity contribution in [3.8, 4) is 0 Å². The molecule has 2 rings (SSSR count). The lowest BCUT2D eigenvalue weighted by molar-refractivity contribution is 0.520. The lowest BCUT2D eigenvalue weighted by atomic mass is 10.1. The first kappa shape index (κ1) is 13.8. The Hall–Kier alpha value is -0.580. The lowest BCUT2D eigenvalue weighted by Crippen LogP contribution is -2.23. The molecule has 1 aromatic rings. The highest BCUT2D eigenvalue weighted by atomic mass is 35.5. The summed E-state index contributed by atoms with van der Waals surface area (Å²) in [5.74, 6) is 0.946. The van der Waals surface area contributed by atoms with Crippen LogP contribution in [0.25, 0.3) is 0 Å². The molecule has 0 aromatic heterocycles. The molecule has 0 bridgehead atoms. The summed E-state index contributed by atoms with van der Waals surface area (Å²) in [5.41, 5.74) is 2.37. The van der Waals surface area contributed by atoms with Crippen molar-refractivity contribution in [3.63, 3.8) is 0 Å². The molecule has 1 N–H and O–H groups in total. The van der Waals surface area contributed by atoms with Crippen LogP contribution in [0.1, 0.15) is 17.5 Å². The van der Waals surface area contributed by atoms with Gasteiger partial charge in [0, 0.05) is 11.6 Å². The summed E-state index contributed by atoms with van der Waals surface area (Å²) >= 11 is 5.90. The third kappa shape index (κ3) is 3.70. The summed E-state index contributed by atoms with van der Waals surface area (Å²) in [5, 5.41) is 4.08. The molecule has 0 aliphatic carbocycles. The standard InChI is InChI=1S/C13H18ClNO2S/c1-10-6-13(14)3-2-12(10)8-15-7-11-4-5-18(16,17)9-11/h2-3,6,11,15H,4-5,7-9H2,1H3. The van der Waals surface area contributed by atoms with Crippen LogP contribution in [0.5, 0.6) is 0 Å². The van der Waals surface area contributed by atoms with E-state index >= 15 is 0 Å². The molecular formula is C13H18ClNO2S. The Kier molecular flexibility index (Phi) is 4.30. The third-order valence-electron chi connectivity index (χ3n) is 3.38. The number of benzene rings is 1. The fourth-order valence-electron chi connectivity index (χ4n) is 2.30. The predicted octanol–water partition coefficient (Wildman–Crippen LogP) is 2.17. The molecule has 0 radical (unpaired) electrons. The highest BCUT2D eigenvalue weighted by Crippen LogP contribution is 2.18. The van der Waals surface area contributed by atoms with E-state index in [1.807, 2.05) is 25.1 Å². The molecule has 0 spiro atoms. The summed E-state index contributed by atoms with van der Waals surface area (Å²) < 4.78 is 22.6. The van der Waals surface area contributed by atoms with E-state index in [2.05, 4.69) is 5.32 Å². The molecule has 1 fully saturated rings. The van der Waals surface area contributed by atoms with Crippen molar-refractivity contribution in [2.75, 3.05) is 18.1 Å². The minimum atomic E-state index is -2.76. The first-order valence-electron chi connectivity index (χ1n) is 6.12. The van der Waals surface area contributed by atoms with E-state index in [4.69, 9.17) is 11.6 Å². The van der Waals surface area contributed by atoms with Crippen molar-refractivity contribution in [2.45, 2.75) is 19.9 Å². The molecule has 3 nitrogen and oxygen atoms in total. The molecular weight excluding hydrogens is 270 g/mol. The highest BCUT2D eigenvalue weighted by Gasteiger charge is 2.27. The molecule has 100 valence electrons. The summed E-state index contributed by atoms with van der Waals surface area (Å²) in [4.78, 5) is 0. The molecule has 0 saturated carbocycles. The normalized spacial score (nSPS) is 22.2. The van der Waals surface area contributed by atoms with Crippen molar-refractivity contribution < 1.29 is 8.42 Å². The van der Waals surface area contributed by atoms with Crippen molar-refractivity contribution in [1.29, 1.82) is 0 Å². The molecule has 18 heavy (non-hydrogen) atoms. The Morgan fingerprint density at radius 2 is 2.22 bits per heavy atom. The van der Waals surface area contributed by atoms with E-state index in [-0.39, 0.29) is 5.92 Å². The zero-order chi connectivity index (χ0) is 13.2.